The lowest BCUT2D eigenvalue weighted by molar-refractivity contribution is -0.172. The van der Waals surface area contributed by atoms with E-state index in [1.165, 1.54) is 11.1 Å². The Kier molecular flexibility index (Phi) is 4.33. The standard InChI is InChI=1S/C28H31FN2O3/c1-17(29)15-30-12-11-27-21-14-20(32)8-7-19(21)13-24(30)28(27)10-9-22-25(27)23(34-28)16-31(22)26(33)18-5-3-2-4-6-18/h2-8,14,17,22-25,32H,9-13,15-16H2,1H3/t17-,22?,23+,24+,25?,27-,28+/m0/s1. The number of phenolic OH excluding ortho intramolecular Hbond substituents is 1. The van der Waals surface area contributed by atoms with E-state index in [9.17, 15) is 14.3 Å². The van der Waals surface area contributed by atoms with Crippen molar-refractivity contribution in [3.8, 4) is 5.75 Å². The molecule has 5 nitrogen and oxygen atoms in total. The number of alkyl halides is 1. The van der Waals surface area contributed by atoms with E-state index in [1.54, 1.807) is 13.0 Å². The summed E-state index contributed by atoms with van der Waals surface area (Å²) in [6, 6.07) is 15.6. The molecular weight excluding hydrogens is 431 g/mol. The first-order valence-corrected chi connectivity index (χ1v) is 12.7. The van der Waals surface area contributed by atoms with Gasteiger partial charge in [-0.3, -0.25) is 9.69 Å². The van der Waals surface area contributed by atoms with E-state index < -0.39 is 6.17 Å². The molecule has 4 fully saturated rings. The highest BCUT2D eigenvalue weighted by Crippen LogP contribution is 2.69. The van der Waals surface area contributed by atoms with E-state index in [4.69, 9.17) is 4.74 Å². The lowest BCUT2D eigenvalue weighted by Gasteiger charge is -2.64. The lowest BCUT2D eigenvalue weighted by atomic mass is 9.46. The highest BCUT2D eigenvalue weighted by molar-refractivity contribution is 5.94. The average molecular weight is 463 g/mol. The number of amides is 1. The van der Waals surface area contributed by atoms with Crippen molar-refractivity contribution in [3.05, 3.63) is 65.2 Å². The van der Waals surface area contributed by atoms with Crippen LogP contribution in [0.25, 0.3) is 0 Å². The van der Waals surface area contributed by atoms with Gasteiger partial charge in [0.2, 0.25) is 0 Å². The van der Waals surface area contributed by atoms with Crippen molar-refractivity contribution in [3.63, 3.8) is 0 Å². The highest BCUT2D eigenvalue weighted by atomic mass is 19.1. The zero-order chi connectivity index (χ0) is 23.2. The monoisotopic (exact) mass is 462 g/mol. The minimum atomic E-state index is -0.888. The van der Waals surface area contributed by atoms with E-state index in [2.05, 4.69) is 15.9 Å². The molecule has 5 aliphatic rings. The maximum absolute atomic E-state index is 14.2. The Hall–Kier alpha value is -2.44. The summed E-state index contributed by atoms with van der Waals surface area (Å²) >= 11 is 0. The number of aromatic hydroxyl groups is 1. The van der Waals surface area contributed by atoms with Crippen LogP contribution < -0.4 is 0 Å². The van der Waals surface area contributed by atoms with Gasteiger partial charge in [0.25, 0.3) is 5.91 Å². The van der Waals surface area contributed by atoms with Crippen LogP contribution in [0.1, 0.15) is 47.7 Å². The quantitative estimate of drug-likeness (QED) is 0.756. The van der Waals surface area contributed by atoms with E-state index in [-0.39, 0.29) is 46.8 Å². The number of phenols is 1. The highest BCUT2D eigenvalue weighted by Gasteiger charge is 2.78. The number of likely N-dealkylation sites (tertiary alicyclic amines) is 2. The molecule has 3 aliphatic heterocycles. The number of fused-ring (bicyclic) bond motifs is 1. The zero-order valence-corrected chi connectivity index (χ0v) is 19.5. The largest absolute Gasteiger partial charge is 0.508 e. The molecule has 1 saturated carbocycles. The van der Waals surface area contributed by atoms with Crippen LogP contribution in [0, 0.1) is 5.92 Å². The topological polar surface area (TPSA) is 53.0 Å². The number of hydrogen-bond donors (Lipinski definition) is 1. The van der Waals surface area contributed by atoms with Crippen molar-refractivity contribution >= 4 is 5.91 Å². The van der Waals surface area contributed by atoms with Gasteiger partial charge in [-0.15, -0.1) is 0 Å². The summed E-state index contributed by atoms with van der Waals surface area (Å²) in [5.74, 6) is 0.568. The Morgan fingerprint density at radius 1 is 1.24 bits per heavy atom. The number of hydrogen-bond acceptors (Lipinski definition) is 4. The summed E-state index contributed by atoms with van der Waals surface area (Å²) in [7, 11) is 0. The minimum Gasteiger partial charge on any atom is -0.508 e. The Balaban J connectivity index is 1.35. The van der Waals surface area contributed by atoms with Crippen molar-refractivity contribution in [2.45, 2.75) is 68.0 Å². The van der Waals surface area contributed by atoms with Crippen molar-refractivity contribution in [2.75, 3.05) is 19.6 Å². The van der Waals surface area contributed by atoms with Gasteiger partial charge in [-0.1, -0.05) is 24.3 Å². The second kappa shape index (κ2) is 7.05. The van der Waals surface area contributed by atoms with Gasteiger partial charge >= 0.3 is 0 Å². The van der Waals surface area contributed by atoms with Crippen LogP contribution in [-0.2, 0) is 16.6 Å². The second-order valence-corrected chi connectivity index (χ2v) is 11.1. The number of rotatable bonds is 3. The molecule has 178 valence electrons. The van der Waals surface area contributed by atoms with E-state index in [1.807, 2.05) is 36.4 Å². The van der Waals surface area contributed by atoms with Crippen LogP contribution in [0.15, 0.2) is 48.5 Å². The molecule has 1 N–H and O–H groups in total. The number of nitrogens with zero attached hydrogens (tertiary/aromatic N) is 2. The van der Waals surface area contributed by atoms with Gasteiger partial charge in [0.15, 0.2) is 0 Å². The molecule has 6 heteroatoms. The van der Waals surface area contributed by atoms with E-state index >= 15 is 0 Å². The van der Waals surface area contributed by atoms with Crippen molar-refractivity contribution < 1.29 is 19.0 Å². The number of ether oxygens (including phenoxy) is 1. The van der Waals surface area contributed by atoms with Gasteiger partial charge in [0.1, 0.15) is 11.9 Å². The lowest BCUT2D eigenvalue weighted by Crippen LogP contribution is -2.74. The number of carbonyl (C=O) groups excluding carboxylic acids is 1. The molecule has 2 aliphatic carbocycles. The summed E-state index contributed by atoms with van der Waals surface area (Å²) in [4.78, 5) is 17.9. The predicted molar refractivity (Wildman–Crippen MR) is 126 cm³/mol. The summed E-state index contributed by atoms with van der Waals surface area (Å²) in [6.45, 7) is 3.49. The van der Waals surface area contributed by atoms with Crippen molar-refractivity contribution in [2.24, 2.45) is 5.92 Å². The van der Waals surface area contributed by atoms with Crippen LogP contribution in [0.4, 0.5) is 4.39 Å². The van der Waals surface area contributed by atoms with Gasteiger partial charge in [-0.2, -0.15) is 0 Å². The number of halogens is 1. The number of benzene rings is 2. The SMILES string of the molecule is C[C@H](F)CN1CC[C@@]23c4cc(O)ccc4C[C@@H]1[C@]21CCC2C3[C@@H](CN2C(=O)c2ccccc2)O1. The van der Waals surface area contributed by atoms with Gasteiger partial charge in [0, 0.05) is 42.1 Å². The third kappa shape index (κ3) is 2.48. The fourth-order valence-corrected chi connectivity index (χ4v) is 8.69. The Labute approximate surface area is 199 Å². The average Bonchev–Trinajstić information content (AvgIpc) is 3.27. The maximum atomic E-state index is 14.2. The normalized spacial score (nSPS) is 38.4. The second-order valence-electron chi connectivity index (χ2n) is 11.1. The van der Waals surface area contributed by atoms with Crippen LogP contribution in [0.2, 0.25) is 0 Å². The molecule has 7 atom stereocenters. The first-order valence-electron chi connectivity index (χ1n) is 12.7. The number of carbonyl (C=O) groups is 1. The van der Waals surface area contributed by atoms with Gasteiger partial charge in [0.05, 0.1) is 11.7 Å². The Bertz CT molecular complexity index is 1160. The van der Waals surface area contributed by atoms with E-state index in [0.717, 1.165) is 37.8 Å². The molecule has 7 rings (SSSR count). The summed E-state index contributed by atoms with van der Waals surface area (Å²) in [6.07, 6.45) is 2.55. The Morgan fingerprint density at radius 2 is 2.06 bits per heavy atom. The smallest absolute Gasteiger partial charge is 0.254 e. The van der Waals surface area contributed by atoms with E-state index in [0.29, 0.717) is 13.1 Å². The molecule has 3 heterocycles. The molecule has 0 radical (unpaired) electrons. The first kappa shape index (κ1) is 20.9. The number of piperidine rings is 1. The molecule has 2 aromatic rings. The third-order valence-electron chi connectivity index (χ3n) is 9.62. The molecule has 2 aromatic carbocycles. The molecule has 0 spiro atoms. The molecule has 1 amide bonds. The summed E-state index contributed by atoms with van der Waals surface area (Å²) in [5.41, 5.74) is 2.55. The fraction of sp³-hybridized carbons (Fsp3) is 0.536. The van der Waals surface area contributed by atoms with Crippen LogP contribution >= 0.6 is 0 Å². The minimum absolute atomic E-state index is 0.0290. The molecule has 4 bridgehead atoms. The van der Waals surface area contributed by atoms with Crippen LogP contribution in [-0.4, -0.2) is 70.4 Å². The van der Waals surface area contributed by atoms with Gasteiger partial charge in [-0.05, 0) is 74.5 Å². The molecular formula is C28H31FN2O3. The van der Waals surface area contributed by atoms with Crippen molar-refractivity contribution in [1.29, 1.82) is 0 Å². The molecule has 34 heavy (non-hydrogen) atoms. The maximum Gasteiger partial charge on any atom is 0.254 e. The van der Waals surface area contributed by atoms with Gasteiger partial charge in [-0.25, -0.2) is 4.39 Å². The fourth-order valence-electron chi connectivity index (χ4n) is 8.69. The predicted octanol–water partition coefficient (Wildman–Crippen LogP) is 3.69. The Morgan fingerprint density at radius 3 is 2.85 bits per heavy atom. The van der Waals surface area contributed by atoms with Crippen molar-refractivity contribution in [1.82, 2.24) is 9.80 Å². The third-order valence-corrected chi connectivity index (χ3v) is 9.62. The summed E-state index contributed by atoms with van der Waals surface area (Å²) < 4.78 is 21.3. The van der Waals surface area contributed by atoms with Gasteiger partial charge < -0.3 is 14.7 Å². The zero-order valence-electron chi connectivity index (χ0n) is 19.5. The molecule has 0 aromatic heterocycles. The first-order chi connectivity index (χ1) is 16.4. The van der Waals surface area contributed by atoms with Crippen LogP contribution in [0.3, 0.4) is 0 Å². The van der Waals surface area contributed by atoms with Crippen LogP contribution in [0.5, 0.6) is 5.75 Å². The molecule has 2 unspecified atom stereocenters. The summed E-state index contributed by atoms with van der Waals surface area (Å²) in [5, 5.41) is 10.5. The molecule has 3 saturated heterocycles.